The number of hydrogen-bond acceptors (Lipinski definition) is 4. The molecule has 4 nitrogen and oxygen atoms in total. The summed E-state index contributed by atoms with van der Waals surface area (Å²) in [6.07, 6.45) is -0.211. The van der Waals surface area contributed by atoms with E-state index >= 15 is 0 Å². The Morgan fingerprint density at radius 1 is 1.09 bits per heavy atom. The van der Waals surface area contributed by atoms with Gasteiger partial charge >= 0.3 is 6.18 Å². The summed E-state index contributed by atoms with van der Waals surface area (Å²) in [4.78, 5) is 16.2. The molecule has 1 atom stereocenters. The first-order valence-corrected chi connectivity index (χ1v) is 12.0. The zero-order valence-corrected chi connectivity index (χ0v) is 20.0. The summed E-state index contributed by atoms with van der Waals surface area (Å²) < 4.78 is 42.7. The van der Waals surface area contributed by atoms with Crippen LogP contribution in [0.1, 0.15) is 43.0 Å². The van der Waals surface area contributed by atoms with Crippen LogP contribution in [0, 0.1) is 16.7 Å². The maximum absolute atomic E-state index is 13.7. The van der Waals surface area contributed by atoms with Gasteiger partial charge in [0.15, 0.2) is 5.78 Å². The van der Waals surface area contributed by atoms with Crippen LogP contribution in [0.25, 0.3) is 5.82 Å². The van der Waals surface area contributed by atoms with Crippen molar-refractivity contribution in [2.24, 2.45) is 5.41 Å². The number of nitriles is 1. The van der Waals surface area contributed by atoms with Gasteiger partial charge in [0.2, 0.25) is 0 Å². The normalized spacial score (nSPS) is 20.2. The third-order valence-electron chi connectivity index (χ3n) is 6.43. The van der Waals surface area contributed by atoms with Crippen molar-refractivity contribution in [1.82, 2.24) is 4.57 Å². The predicted molar refractivity (Wildman–Crippen MR) is 129 cm³/mol. The molecule has 1 aromatic carbocycles. The predicted octanol–water partition coefficient (Wildman–Crippen LogP) is 7.21. The second-order valence-electron chi connectivity index (χ2n) is 9.57. The standard InChI is InChI=1S/C27H22F3N3OS/c1-26(2)14-20-24(21(34)15-26)23(22-9-6-12-35-22)19(16-31)25(32-10-3-4-11-32)33(20)18-8-5-7-17(13-18)27(28,29)30/h3-13,23H,14-15H2,1-2H3. The summed E-state index contributed by atoms with van der Waals surface area (Å²) in [6, 6.07) is 14.7. The molecular formula is C27H22F3N3OS. The SMILES string of the molecule is CC1(C)CC(=O)C2=C(C1)N(c1cccc(C(F)(F)F)c1)C(n1cccc1)=C(C#N)C2c1cccs1. The van der Waals surface area contributed by atoms with Crippen LogP contribution in [0.5, 0.6) is 0 Å². The lowest BCUT2D eigenvalue weighted by Gasteiger charge is -2.44. The molecule has 0 saturated carbocycles. The Balaban J connectivity index is 1.85. The van der Waals surface area contributed by atoms with Crippen LogP contribution < -0.4 is 4.90 Å². The summed E-state index contributed by atoms with van der Waals surface area (Å²) in [5.74, 6) is -0.205. The molecule has 1 unspecified atom stereocenters. The molecule has 3 heterocycles. The first-order valence-electron chi connectivity index (χ1n) is 11.2. The van der Waals surface area contributed by atoms with Gasteiger partial charge < -0.3 is 4.57 Å². The highest BCUT2D eigenvalue weighted by molar-refractivity contribution is 7.10. The lowest BCUT2D eigenvalue weighted by molar-refractivity contribution is -0.137. The fourth-order valence-electron chi connectivity index (χ4n) is 5.03. The van der Waals surface area contributed by atoms with E-state index in [1.54, 1.807) is 40.1 Å². The molecule has 0 radical (unpaired) electrons. The monoisotopic (exact) mass is 493 g/mol. The summed E-state index contributed by atoms with van der Waals surface area (Å²) in [5, 5.41) is 12.3. The first-order chi connectivity index (χ1) is 16.6. The third kappa shape index (κ3) is 4.00. The number of benzene rings is 1. The fraction of sp³-hybridized carbons (Fsp3) is 0.259. The summed E-state index contributed by atoms with van der Waals surface area (Å²) in [5.41, 5.74) is 0.557. The number of thiophene rings is 1. The zero-order chi connectivity index (χ0) is 25.0. The van der Waals surface area contributed by atoms with Crippen molar-refractivity contribution in [2.45, 2.75) is 38.8 Å². The van der Waals surface area contributed by atoms with E-state index in [1.807, 2.05) is 31.4 Å². The van der Waals surface area contributed by atoms with Crippen molar-refractivity contribution < 1.29 is 18.0 Å². The number of nitrogens with zero attached hydrogens (tertiary/aromatic N) is 3. The van der Waals surface area contributed by atoms with Crippen LogP contribution in [-0.4, -0.2) is 10.4 Å². The molecule has 0 amide bonds. The number of aromatic nitrogens is 1. The maximum atomic E-state index is 13.7. The quantitative estimate of drug-likeness (QED) is 0.387. The lowest BCUT2D eigenvalue weighted by Crippen LogP contribution is -2.40. The van der Waals surface area contributed by atoms with Crippen molar-refractivity contribution in [3.8, 4) is 6.07 Å². The van der Waals surface area contributed by atoms with Crippen LogP contribution >= 0.6 is 11.3 Å². The molecule has 0 spiro atoms. The summed E-state index contributed by atoms with van der Waals surface area (Å²) in [7, 11) is 0. The molecule has 2 aliphatic rings. The summed E-state index contributed by atoms with van der Waals surface area (Å²) >= 11 is 1.46. The fourth-order valence-corrected chi connectivity index (χ4v) is 5.88. The smallest absolute Gasteiger partial charge is 0.309 e. The van der Waals surface area contributed by atoms with Gasteiger partial charge in [-0.2, -0.15) is 18.4 Å². The van der Waals surface area contributed by atoms with E-state index in [0.29, 0.717) is 35.5 Å². The Hall–Kier alpha value is -3.57. The minimum atomic E-state index is -4.53. The van der Waals surface area contributed by atoms with Crippen LogP contribution in [0.3, 0.4) is 0 Å². The molecule has 35 heavy (non-hydrogen) atoms. The minimum absolute atomic E-state index is 0.0778. The van der Waals surface area contributed by atoms with Gasteiger partial charge in [-0.1, -0.05) is 26.0 Å². The van der Waals surface area contributed by atoms with Gasteiger partial charge in [0.1, 0.15) is 5.82 Å². The second-order valence-corrected chi connectivity index (χ2v) is 10.6. The van der Waals surface area contributed by atoms with Gasteiger partial charge in [-0.3, -0.25) is 9.69 Å². The highest BCUT2D eigenvalue weighted by atomic mass is 32.1. The number of anilines is 1. The number of hydrogen-bond donors (Lipinski definition) is 0. The molecule has 3 aromatic rings. The topological polar surface area (TPSA) is 49.0 Å². The largest absolute Gasteiger partial charge is 0.416 e. The van der Waals surface area contributed by atoms with Crippen LogP contribution in [0.2, 0.25) is 0 Å². The van der Waals surface area contributed by atoms with E-state index in [1.165, 1.54) is 17.4 Å². The van der Waals surface area contributed by atoms with E-state index in [2.05, 4.69) is 6.07 Å². The molecule has 2 aromatic heterocycles. The van der Waals surface area contributed by atoms with Crippen molar-refractivity contribution in [3.63, 3.8) is 0 Å². The van der Waals surface area contributed by atoms with Gasteiger partial charge in [0, 0.05) is 40.6 Å². The molecule has 5 rings (SSSR count). The van der Waals surface area contributed by atoms with E-state index < -0.39 is 17.7 Å². The Morgan fingerprint density at radius 3 is 2.46 bits per heavy atom. The first kappa shape index (κ1) is 23.2. The Morgan fingerprint density at radius 2 is 1.83 bits per heavy atom. The van der Waals surface area contributed by atoms with E-state index in [0.717, 1.165) is 17.0 Å². The van der Waals surface area contributed by atoms with Gasteiger partial charge in [0.25, 0.3) is 0 Å². The average Bonchev–Trinajstić information content (AvgIpc) is 3.50. The van der Waals surface area contributed by atoms with Crippen LogP contribution in [0.4, 0.5) is 18.9 Å². The molecule has 0 saturated heterocycles. The van der Waals surface area contributed by atoms with Crippen molar-refractivity contribution in [1.29, 1.82) is 5.26 Å². The third-order valence-corrected chi connectivity index (χ3v) is 7.36. The molecule has 1 aliphatic carbocycles. The average molecular weight is 494 g/mol. The summed E-state index contributed by atoms with van der Waals surface area (Å²) in [6.45, 7) is 3.97. The number of carbonyl (C=O) groups excluding carboxylic acids is 1. The van der Waals surface area contributed by atoms with E-state index in [9.17, 15) is 23.2 Å². The Bertz CT molecular complexity index is 1390. The molecule has 0 N–H and O–H groups in total. The van der Waals surface area contributed by atoms with Gasteiger partial charge in [-0.15, -0.1) is 11.3 Å². The number of ketones is 1. The Kier molecular flexibility index (Phi) is 5.48. The van der Waals surface area contributed by atoms with Crippen molar-refractivity contribution >= 4 is 28.6 Å². The number of carbonyl (C=O) groups is 1. The van der Waals surface area contributed by atoms with Gasteiger partial charge in [0.05, 0.1) is 23.1 Å². The van der Waals surface area contributed by atoms with Crippen LogP contribution in [0.15, 0.2) is 83.1 Å². The van der Waals surface area contributed by atoms with Crippen molar-refractivity contribution in [2.75, 3.05) is 4.90 Å². The highest BCUT2D eigenvalue weighted by Gasteiger charge is 2.46. The minimum Gasteiger partial charge on any atom is -0.309 e. The van der Waals surface area contributed by atoms with Crippen LogP contribution in [-0.2, 0) is 11.0 Å². The van der Waals surface area contributed by atoms with E-state index in [-0.39, 0.29) is 16.9 Å². The van der Waals surface area contributed by atoms with Gasteiger partial charge in [-0.05, 0) is 53.6 Å². The number of Topliss-reactive ketones (excluding diaryl/α,β-unsaturated/α-hetero) is 1. The molecule has 178 valence electrons. The molecule has 0 fully saturated rings. The van der Waals surface area contributed by atoms with Gasteiger partial charge in [-0.25, -0.2) is 0 Å². The highest BCUT2D eigenvalue weighted by Crippen LogP contribution is 2.52. The number of alkyl halides is 3. The number of rotatable bonds is 3. The maximum Gasteiger partial charge on any atom is 0.416 e. The Labute approximate surface area is 205 Å². The molecule has 0 bridgehead atoms. The van der Waals surface area contributed by atoms with Crippen molar-refractivity contribution in [3.05, 3.63) is 93.6 Å². The number of halogens is 3. The molecule has 1 aliphatic heterocycles. The molecule has 8 heteroatoms. The lowest BCUT2D eigenvalue weighted by atomic mass is 9.69. The van der Waals surface area contributed by atoms with E-state index in [4.69, 9.17) is 0 Å². The molecular weight excluding hydrogens is 471 g/mol. The number of allylic oxidation sites excluding steroid dienone is 3. The zero-order valence-electron chi connectivity index (χ0n) is 19.1. The second kappa shape index (κ2) is 8.28.